The number of fused-ring (bicyclic) bond motifs is 9. The van der Waals surface area contributed by atoms with E-state index in [1.54, 1.807) is 0 Å². The van der Waals surface area contributed by atoms with E-state index in [2.05, 4.69) is 308 Å². The highest BCUT2D eigenvalue weighted by molar-refractivity contribution is 7.00. The third-order valence-corrected chi connectivity index (χ3v) is 23.7. The van der Waals surface area contributed by atoms with Gasteiger partial charge in [0.1, 0.15) is 0 Å². The Morgan fingerprint density at radius 3 is 1.49 bits per heavy atom. The molecule has 0 aromatic heterocycles. The predicted octanol–water partition coefficient (Wildman–Crippen LogP) is 21.7. The number of anilines is 8. The average molecular weight is 1180 g/mol. The molecule has 0 N–H and O–H groups in total. The molecule has 4 heteroatoms. The number of rotatable bonds is 6. The van der Waals surface area contributed by atoms with Crippen LogP contribution >= 0.6 is 0 Å². The molecule has 1 saturated carbocycles. The monoisotopic (exact) mass is 1180 g/mol. The first-order valence-corrected chi connectivity index (χ1v) is 34.1. The average Bonchev–Trinajstić information content (AvgIpc) is 1.17. The zero-order chi connectivity index (χ0) is 63.2. The Kier molecular flexibility index (Phi) is 12.9. The van der Waals surface area contributed by atoms with E-state index >= 15 is 0 Å². The molecule has 0 radical (unpaired) electrons. The first-order valence-electron chi connectivity index (χ1n) is 34.1. The molecule has 90 heavy (non-hydrogen) atoms. The summed E-state index contributed by atoms with van der Waals surface area (Å²) >= 11 is 0. The Morgan fingerprint density at radius 1 is 0.367 bits per heavy atom. The van der Waals surface area contributed by atoms with Crippen molar-refractivity contribution in [3.8, 4) is 33.4 Å². The highest BCUT2D eigenvalue weighted by Gasteiger charge is 2.59. The van der Waals surface area contributed by atoms with Crippen molar-refractivity contribution in [2.75, 3.05) is 14.7 Å². The van der Waals surface area contributed by atoms with Crippen LogP contribution < -0.4 is 31.1 Å². The van der Waals surface area contributed by atoms with Crippen LogP contribution in [0.3, 0.4) is 0 Å². The van der Waals surface area contributed by atoms with E-state index < -0.39 is 0 Å². The molecule has 3 aliphatic carbocycles. The second-order valence-electron chi connectivity index (χ2n) is 33.6. The summed E-state index contributed by atoms with van der Waals surface area (Å²) < 4.78 is 0. The van der Waals surface area contributed by atoms with E-state index in [-0.39, 0.29) is 50.2 Å². The molecule has 3 aliphatic heterocycles. The molecule has 3 heterocycles. The molecule has 0 amide bonds. The van der Waals surface area contributed by atoms with Gasteiger partial charge in [-0.15, -0.1) is 0 Å². The zero-order valence-electron chi connectivity index (χ0n) is 57.1. The van der Waals surface area contributed by atoms with E-state index in [0.717, 1.165) is 25.7 Å². The Hall–Kier alpha value is -7.56. The van der Waals surface area contributed by atoms with Gasteiger partial charge in [0, 0.05) is 50.8 Å². The van der Waals surface area contributed by atoms with Gasteiger partial charge in [-0.25, -0.2) is 0 Å². The molecule has 2 atom stereocenters. The lowest BCUT2D eigenvalue weighted by molar-refractivity contribution is 0.195. The van der Waals surface area contributed by atoms with Gasteiger partial charge in [-0.3, -0.25) is 0 Å². The quantitative estimate of drug-likeness (QED) is 0.154. The second kappa shape index (κ2) is 19.7. The summed E-state index contributed by atoms with van der Waals surface area (Å²) in [4.78, 5) is 8.43. The third-order valence-electron chi connectivity index (χ3n) is 23.7. The maximum Gasteiger partial charge on any atom is 0.252 e. The fourth-order valence-electron chi connectivity index (χ4n) is 18.4. The van der Waals surface area contributed by atoms with Crippen LogP contribution in [-0.2, 0) is 37.9 Å². The van der Waals surface area contributed by atoms with Crippen LogP contribution in [-0.4, -0.2) is 12.3 Å². The van der Waals surface area contributed by atoms with Crippen molar-refractivity contribution in [1.82, 2.24) is 0 Å². The lowest BCUT2D eigenvalue weighted by Gasteiger charge is -2.51. The smallest absolute Gasteiger partial charge is 0.252 e. The van der Waals surface area contributed by atoms with Gasteiger partial charge in [-0.2, -0.15) is 0 Å². The largest absolute Gasteiger partial charge is 0.334 e. The Balaban J connectivity index is 1.09. The summed E-state index contributed by atoms with van der Waals surface area (Å²) in [6.45, 7) is 41.6. The molecule has 0 bridgehead atoms. The highest BCUT2D eigenvalue weighted by atomic mass is 15.3. The summed E-state index contributed by atoms with van der Waals surface area (Å²) in [5.74, 6) is 0. The van der Waals surface area contributed by atoms with Gasteiger partial charge in [0.05, 0.1) is 11.2 Å². The van der Waals surface area contributed by atoms with E-state index in [4.69, 9.17) is 0 Å². The summed E-state index contributed by atoms with van der Waals surface area (Å²) in [5.41, 5.74) is 33.0. The first-order chi connectivity index (χ1) is 42.5. The topological polar surface area (TPSA) is 9.72 Å². The highest BCUT2D eigenvalue weighted by Crippen LogP contribution is 2.63. The van der Waals surface area contributed by atoms with Gasteiger partial charge >= 0.3 is 0 Å². The van der Waals surface area contributed by atoms with E-state index in [1.807, 2.05) is 0 Å². The molecule has 0 saturated heterocycles. The van der Waals surface area contributed by atoms with Gasteiger partial charge in [0.25, 0.3) is 6.71 Å². The fraction of sp³-hybridized carbons (Fsp3) is 0.372. The molecule has 3 nitrogen and oxygen atoms in total. The molecule has 15 rings (SSSR count). The number of nitrogens with zero attached hydrogens (tertiary/aromatic N) is 3. The van der Waals surface area contributed by atoms with Crippen LogP contribution in [0.4, 0.5) is 45.5 Å². The van der Waals surface area contributed by atoms with Crippen LogP contribution in [0.25, 0.3) is 33.4 Å². The van der Waals surface area contributed by atoms with Crippen molar-refractivity contribution in [1.29, 1.82) is 0 Å². The van der Waals surface area contributed by atoms with Crippen LogP contribution in [0.2, 0.25) is 0 Å². The normalized spacial score (nSPS) is 21.2. The van der Waals surface area contributed by atoms with Gasteiger partial charge in [-0.1, -0.05) is 238 Å². The molecule has 456 valence electrons. The Bertz CT molecular complexity index is 4410. The fourth-order valence-corrected chi connectivity index (χ4v) is 18.4. The number of hydrogen-bond donors (Lipinski definition) is 0. The molecular formula is C86H94BN3. The van der Waals surface area contributed by atoms with Crippen molar-refractivity contribution in [3.63, 3.8) is 0 Å². The van der Waals surface area contributed by atoms with Crippen LogP contribution in [0.15, 0.2) is 176 Å². The lowest BCUT2D eigenvalue weighted by Crippen LogP contribution is -2.62. The number of benzene rings is 9. The number of hydrogen-bond acceptors (Lipinski definition) is 3. The van der Waals surface area contributed by atoms with Crippen molar-refractivity contribution in [2.45, 2.75) is 206 Å². The first kappa shape index (κ1) is 58.8. The third kappa shape index (κ3) is 8.78. The van der Waals surface area contributed by atoms with Gasteiger partial charge in [-0.05, 0) is 222 Å². The van der Waals surface area contributed by atoms with Gasteiger partial charge in [0.15, 0.2) is 0 Å². The van der Waals surface area contributed by atoms with Crippen molar-refractivity contribution >= 4 is 68.6 Å². The predicted molar refractivity (Wildman–Crippen MR) is 388 cm³/mol. The van der Waals surface area contributed by atoms with Crippen LogP contribution in [0.5, 0.6) is 0 Å². The molecule has 6 aliphatic rings. The van der Waals surface area contributed by atoms with Crippen molar-refractivity contribution < 1.29 is 0 Å². The minimum atomic E-state index is -0.223. The SMILES string of the molecule is Cc1cc2c(cc1N1c3ccc(-c4ccccc4)cc3B3c4cc5c(cc4N(c4ccc(C(C)(C)C)cc4-c4ccccc4)c4cc(N6c7ccc(-c8ccc(C(C)(C)C)cc8)cc7C7(C)CCCCC67C)cc1c43)C(C)(C)CC5(C)C)C(C)(C)CCC2(C)C. The molecule has 2 unspecified atom stereocenters. The molecule has 0 spiro atoms. The summed E-state index contributed by atoms with van der Waals surface area (Å²) in [6, 6.07) is 70.4. The van der Waals surface area contributed by atoms with E-state index in [9.17, 15) is 0 Å². The minimum absolute atomic E-state index is 0.00340. The van der Waals surface area contributed by atoms with E-state index in [1.165, 1.54) is 159 Å². The molecule has 9 aromatic carbocycles. The van der Waals surface area contributed by atoms with Gasteiger partial charge in [0.2, 0.25) is 0 Å². The molecule has 9 aromatic rings. The second-order valence-corrected chi connectivity index (χ2v) is 33.6. The van der Waals surface area contributed by atoms with Crippen molar-refractivity contribution in [2.24, 2.45) is 0 Å². The van der Waals surface area contributed by atoms with E-state index in [0.29, 0.717) is 0 Å². The lowest BCUT2D eigenvalue weighted by atomic mass is 9.33. The maximum absolute atomic E-state index is 2.88. The summed E-state index contributed by atoms with van der Waals surface area (Å²) in [5, 5.41) is 0. The Morgan fingerprint density at radius 2 is 0.856 bits per heavy atom. The van der Waals surface area contributed by atoms with Crippen LogP contribution in [0, 0.1) is 6.92 Å². The summed E-state index contributed by atoms with van der Waals surface area (Å²) in [7, 11) is 0. The summed E-state index contributed by atoms with van der Waals surface area (Å²) in [6.07, 6.45) is 8.06. The number of aryl methyl sites for hydroxylation is 1. The standard InChI is InChI=1S/C86H94BN3/c1-54-44-64-66(82(10,11)43-42-81(64,8)9)51-74(54)89-73-38-33-59(55-26-20-18-21-27-55)46-69(73)87-70-50-65-67(84(14,15)53-83(65,12)13)52-75(70)88(71-39-36-61(80(5,6)7)47-63(71)57-28-22-19-23-29-57)76-48-62(49-77(89)78(76)87)90-72-37-32-58(56-30-34-60(35-31-56)79(2,3)4)45-68(72)85(16)40-24-25-41-86(85,90)17/h18-23,26-39,44-52H,24-25,40-43,53H2,1-17H3. The minimum Gasteiger partial charge on any atom is -0.334 e. The Labute approximate surface area is 540 Å². The maximum atomic E-state index is 2.88. The molecule has 1 fully saturated rings. The zero-order valence-corrected chi connectivity index (χ0v) is 57.1. The molecular weight excluding hydrogens is 1090 g/mol. The van der Waals surface area contributed by atoms with Crippen LogP contribution in [0.1, 0.15) is 200 Å². The van der Waals surface area contributed by atoms with Crippen molar-refractivity contribution in [3.05, 3.63) is 220 Å². The van der Waals surface area contributed by atoms with Gasteiger partial charge < -0.3 is 14.7 Å².